The molecule has 0 aromatic heterocycles. The van der Waals surface area contributed by atoms with Crippen LogP contribution in [0.3, 0.4) is 0 Å². The first kappa shape index (κ1) is 25.3. The van der Waals surface area contributed by atoms with Gasteiger partial charge in [-0.05, 0) is 79.1 Å². The number of hydrogen-bond acceptors (Lipinski definition) is 5. The number of carbonyl (C=O) groups excluding carboxylic acids is 2. The highest BCUT2D eigenvalue weighted by atomic mass is 32.2. The van der Waals surface area contributed by atoms with Crippen molar-refractivity contribution in [2.75, 3.05) is 7.11 Å². The third-order valence-electron chi connectivity index (χ3n) is 4.23. The van der Waals surface area contributed by atoms with Gasteiger partial charge in [-0.3, -0.25) is 14.9 Å². The first-order valence-electron chi connectivity index (χ1n) is 10.1. The Kier molecular flexibility index (Phi) is 10.2. The zero-order chi connectivity index (χ0) is 22.8. The maximum absolute atomic E-state index is 11.6. The highest BCUT2D eigenvalue weighted by Crippen LogP contribution is 2.35. The number of ether oxygens (including phenoxy) is 2. The molecule has 3 rings (SSSR count). The summed E-state index contributed by atoms with van der Waals surface area (Å²) in [5, 5.41) is 1.89. The van der Waals surface area contributed by atoms with E-state index in [0.29, 0.717) is 10.7 Å². The van der Waals surface area contributed by atoms with Crippen molar-refractivity contribution in [3.8, 4) is 17.2 Å². The predicted molar refractivity (Wildman–Crippen MR) is 126 cm³/mol. The van der Waals surface area contributed by atoms with Crippen LogP contribution in [0.15, 0.2) is 35.2 Å². The van der Waals surface area contributed by atoms with Gasteiger partial charge in [-0.25, -0.2) is 0 Å². The van der Waals surface area contributed by atoms with Gasteiger partial charge in [-0.15, -0.1) is 0 Å². The summed E-state index contributed by atoms with van der Waals surface area (Å²) in [5.74, 6) is 1.99. The Morgan fingerprint density at radius 3 is 2.03 bits per heavy atom. The molecule has 2 aromatic carbocycles. The van der Waals surface area contributed by atoms with E-state index >= 15 is 0 Å². The Bertz CT molecular complexity index is 918. The van der Waals surface area contributed by atoms with Gasteiger partial charge in [-0.2, -0.15) is 0 Å². The zero-order valence-corrected chi connectivity index (χ0v) is 19.8. The van der Waals surface area contributed by atoms with E-state index < -0.39 is 0 Å². The molecule has 0 radical (unpaired) electrons. The van der Waals surface area contributed by atoms with Gasteiger partial charge in [0.25, 0.3) is 11.1 Å². The van der Waals surface area contributed by atoms with Crippen LogP contribution >= 0.6 is 11.8 Å². The molecular formula is C24H31NO4S. The molecule has 1 N–H and O–H groups in total. The Hall–Kier alpha value is -2.73. The molecule has 1 saturated heterocycles. The molecule has 1 heterocycles. The minimum Gasteiger partial charge on any atom is -0.496 e. The highest BCUT2D eigenvalue weighted by Gasteiger charge is 2.24. The monoisotopic (exact) mass is 429 g/mol. The fourth-order valence-corrected chi connectivity index (χ4v) is 3.46. The van der Waals surface area contributed by atoms with Crippen molar-refractivity contribution >= 4 is 29.0 Å². The van der Waals surface area contributed by atoms with E-state index in [-0.39, 0.29) is 11.1 Å². The molecule has 0 saturated carbocycles. The predicted octanol–water partition coefficient (Wildman–Crippen LogP) is 6.79. The van der Waals surface area contributed by atoms with E-state index in [1.807, 2.05) is 78.8 Å². The van der Waals surface area contributed by atoms with Crippen molar-refractivity contribution < 1.29 is 19.1 Å². The van der Waals surface area contributed by atoms with E-state index in [1.54, 1.807) is 13.2 Å². The third-order valence-corrected chi connectivity index (χ3v) is 5.04. The first-order valence-corrected chi connectivity index (χ1v) is 10.9. The Balaban J connectivity index is 0.00000106. The highest BCUT2D eigenvalue weighted by molar-refractivity contribution is 8.18. The van der Waals surface area contributed by atoms with Gasteiger partial charge in [0, 0.05) is 0 Å². The standard InChI is InChI=1S/C20H19NO4S.2C2H6/c1-11-9-16(12(2)13(3)18(11)24-4)25-15-7-5-14(6-8-15)10-17-19(22)21-20(23)26-17;2*1-2/h5-10H,1-4H3,(H,21,22,23);2*1-2H3/b17-10-;;. The maximum Gasteiger partial charge on any atom is 0.290 e. The molecule has 0 unspecified atom stereocenters. The average Bonchev–Trinajstić information content (AvgIpc) is 3.07. The number of aryl methyl sites for hydroxylation is 1. The van der Waals surface area contributed by atoms with Crippen molar-refractivity contribution in [2.45, 2.75) is 48.5 Å². The van der Waals surface area contributed by atoms with Crippen molar-refractivity contribution in [3.05, 3.63) is 57.5 Å². The summed E-state index contributed by atoms with van der Waals surface area (Å²) in [6.07, 6.45) is 1.68. The summed E-state index contributed by atoms with van der Waals surface area (Å²) in [6.45, 7) is 14.0. The molecule has 0 aliphatic carbocycles. The smallest absolute Gasteiger partial charge is 0.290 e. The Labute approximate surface area is 183 Å². The molecule has 6 heteroatoms. The van der Waals surface area contributed by atoms with E-state index in [4.69, 9.17) is 9.47 Å². The summed E-state index contributed by atoms with van der Waals surface area (Å²) >= 11 is 0.902. The molecule has 162 valence electrons. The largest absolute Gasteiger partial charge is 0.496 e. The summed E-state index contributed by atoms with van der Waals surface area (Å²) < 4.78 is 11.5. The van der Waals surface area contributed by atoms with Crippen molar-refractivity contribution in [1.29, 1.82) is 0 Å². The Morgan fingerprint density at radius 2 is 1.53 bits per heavy atom. The molecule has 1 fully saturated rings. The van der Waals surface area contributed by atoms with E-state index in [2.05, 4.69) is 5.32 Å². The number of amides is 2. The van der Waals surface area contributed by atoms with E-state index in [1.165, 1.54) is 0 Å². The van der Waals surface area contributed by atoms with Crippen molar-refractivity contribution in [3.63, 3.8) is 0 Å². The van der Waals surface area contributed by atoms with Gasteiger partial charge in [0.1, 0.15) is 17.2 Å². The minimum absolute atomic E-state index is 0.345. The second-order valence-electron chi connectivity index (χ2n) is 6.00. The topological polar surface area (TPSA) is 64.6 Å². The molecule has 30 heavy (non-hydrogen) atoms. The van der Waals surface area contributed by atoms with E-state index in [9.17, 15) is 9.59 Å². The van der Waals surface area contributed by atoms with Crippen LogP contribution < -0.4 is 14.8 Å². The molecule has 0 atom stereocenters. The fraction of sp³-hybridized carbons (Fsp3) is 0.333. The molecule has 5 nitrogen and oxygen atoms in total. The van der Waals surface area contributed by atoms with Crippen LogP contribution in [0.25, 0.3) is 6.08 Å². The maximum atomic E-state index is 11.6. The van der Waals surface area contributed by atoms with E-state index in [0.717, 1.165) is 45.5 Å². The lowest BCUT2D eigenvalue weighted by Gasteiger charge is -2.16. The van der Waals surface area contributed by atoms with Crippen molar-refractivity contribution in [1.82, 2.24) is 5.32 Å². The lowest BCUT2D eigenvalue weighted by molar-refractivity contribution is -0.115. The number of carbonyl (C=O) groups is 2. The zero-order valence-electron chi connectivity index (χ0n) is 19.0. The van der Waals surface area contributed by atoms with Crippen molar-refractivity contribution in [2.24, 2.45) is 0 Å². The number of thioether (sulfide) groups is 1. The van der Waals surface area contributed by atoms with Gasteiger partial charge in [0.05, 0.1) is 12.0 Å². The quantitative estimate of drug-likeness (QED) is 0.542. The Morgan fingerprint density at radius 1 is 0.933 bits per heavy atom. The van der Waals surface area contributed by atoms with Crippen LogP contribution in [0.4, 0.5) is 4.79 Å². The fourth-order valence-electron chi connectivity index (χ4n) is 2.77. The minimum atomic E-state index is -0.361. The second-order valence-corrected chi connectivity index (χ2v) is 7.01. The van der Waals surface area contributed by atoms with Gasteiger partial charge in [0.2, 0.25) is 0 Å². The number of hydrogen-bond donors (Lipinski definition) is 1. The van der Waals surface area contributed by atoms with Gasteiger partial charge in [-0.1, -0.05) is 39.8 Å². The normalized spacial score (nSPS) is 13.7. The third kappa shape index (κ3) is 6.13. The molecular weight excluding hydrogens is 398 g/mol. The number of benzene rings is 2. The number of rotatable bonds is 4. The van der Waals surface area contributed by atoms with Crippen LogP contribution in [0.2, 0.25) is 0 Å². The molecule has 1 aliphatic heterocycles. The lowest BCUT2D eigenvalue weighted by atomic mass is 10.0. The summed E-state index contributed by atoms with van der Waals surface area (Å²) in [4.78, 5) is 23.2. The summed E-state index contributed by atoms with van der Waals surface area (Å²) in [5.41, 5.74) is 3.92. The molecule has 2 aromatic rings. The number of imide groups is 1. The van der Waals surface area contributed by atoms with Crippen LogP contribution in [0.1, 0.15) is 49.9 Å². The summed E-state index contributed by atoms with van der Waals surface area (Å²) in [7, 11) is 1.67. The van der Waals surface area contributed by atoms with Crippen LogP contribution in [0, 0.1) is 20.8 Å². The molecule has 0 bridgehead atoms. The summed E-state index contributed by atoms with van der Waals surface area (Å²) in [6, 6.07) is 9.32. The first-order chi connectivity index (χ1) is 14.4. The van der Waals surface area contributed by atoms with Gasteiger partial charge in [0.15, 0.2) is 0 Å². The molecule has 1 aliphatic rings. The van der Waals surface area contributed by atoms with Crippen LogP contribution in [-0.4, -0.2) is 18.3 Å². The number of nitrogens with one attached hydrogen (secondary N) is 1. The van der Waals surface area contributed by atoms with Crippen LogP contribution in [0.5, 0.6) is 17.2 Å². The van der Waals surface area contributed by atoms with Gasteiger partial charge < -0.3 is 9.47 Å². The lowest BCUT2D eigenvalue weighted by Crippen LogP contribution is -2.17. The molecule has 0 spiro atoms. The SMILES string of the molecule is CC.CC.COc1c(C)cc(Oc2ccc(/C=C3\SC(=O)NC3=O)cc2)c(C)c1C. The molecule has 2 amide bonds. The number of methoxy groups -OCH3 is 1. The van der Waals surface area contributed by atoms with Crippen LogP contribution in [-0.2, 0) is 4.79 Å². The second kappa shape index (κ2) is 12.1. The average molecular weight is 430 g/mol. The van der Waals surface area contributed by atoms with Gasteiger partial charge >= 0.3 is 0 Å².